The minimum atomic E-state index is -3.61. The van der Waals surface area contributed by atoms with Gasteiger partial charge in [0.25, 0.3) is 5.91 Å². The van der Waals surface area contributed by atoms with Gasteiger partial charge in [-0.1, -0.05) is 17.4 Å². The number of carbonyl (C=O) groups is 1. The molecule has 0 N–H and O–H groups in total. The minimum absolute atomic E-state index is 0.155. The second-order valence-electron chi connectivity index (χ2n) is 7.12. The van der Waals surface area contributed by atoms with E-state index in [0.717, 1.165) is 16.0 Å². The molecule has 0 spiro atoms. The van der Waals surface area contributed by atoms with Crippen LogP contribution in [0.1, 0.15) is 24.2 Å². The summed E-state index contributed by atoms with van der Waals surface area (Å²) >= 11 is 1.42. The number of aromatic nitrogens is 1. The van der Waals surface area contributed by atoms with Crippen molar-refractivity contribution in [1.29, 1.82) is 0 Å². The van der Waals surface area contributed by atoms with E-state index in [-0.39, 0.29) is 4.90 Å². The van der Waals surface area contributed by atoms with Gasteiger partial charge in [-0.25, -0.2) is 8.42 Å². The third-order valence-corrected chi connectivity index (χ3v) is 8.14. The number of morpholine rings is 1. The molecule has 3 aromatic rings. The summed E-state index contributed by atoms with van der Waals surface area (Å²) in [4.78, 5) is 17.9. The third kappa shape index (κ3) is 4.36. The van der Waals surface area contributed by atoms with Gasteiger partial charge in [0.15, 0.2) is 4.80 Å². The lowest BCUT2D eigenvalue weighted by atomic mass is 10.2. The SMILES string of the molecule is CCOc1cccc2sc(=NC(=O)c3ccc(S(=O)(=O)N4CCOCC4)cc3)n(CC)c12. The van der Waals surface area contributed by atoms with E-state index in [1.165, 1.54) is 39.9 Å². The largest absolute Gasteiger partial charge is 0.492 e. The summed E-state index contributed by atoms with van der Waals surface area (Å²) in [5.74, 6) is 0.335. The van der Waals surface area contributed by atoms with Crippen molar-refractivity contribution >= 4 is 37.5 Å². The van der Waals surface area contributed by atoms with Gasteiger partial charge in [-0.15, -0.1) is 0 Å². The van der Waals surface area contributed by atoms with Crippen LogP contribution in [0.25, 0.3) is 10.2 Å². The molecule has 1 saturated heterocycles. The van der Waals surface area contributed by atoms with E-state index in [4.69, 9.17) is 9.47 Å². The van der Waals surface area contributed by atoms with Crippen LogP contribution in [0.3, 0.4) is 0 Å². The van der Waals surface area contributed by atoms with E-state index in [2.05, 4.69) is 4.99 Å². The maximum atomic E-state index is 12.9. The van der Waals surface area contributed by atoms with Crippen LogP contribution < -0.4 is 9.54 Å². The summed E-state index contributed by atoms with van der Waals surface area (Å²) in [6, 6.07) is 11.7. The molecule has 2 aromatic carbocycles. The molecule has 32 heavy (non-hydrogen) atoms. The summed E-state index contributed by atoms with van der Waals surface area (Å²) in [7, 11) is -3.61. The number of rotatable bonds is 6. The molecule has 0 bridgehead atoms. The molecule has 0 atom stereocenters. The van der Waals surface area contributed by atoms with Crippen LogP contribution >= 0.6 is 11.3 Å². The average molecular weight is 476 g/mol. The number of carbonyl (C=O) groups excluding carboxylic acids is 1. The molecule has 0 radical (unpaired) electrons. The molecule has 10 heteroatoms. The highest BCUT2D eigenvalue weighted by Crippen LogP contribution is 2.27. The van der Waals surface area contributed by atoms with Crippen LogP contribution in [-0.2, 0) is 21.3 Å². The maximum Gasteiger partial charge on any atom is 0.279 e. The fraction of sp³-hybridized carbons (Fsp3) is 0.364. The van der Waals surface area contributed by atoms with Crippen molar-refractivity contribution in [3.05, 3.63) is 52.8 Å². The first-order valence-electron chi connectivity index (χ1n) is 10.5. The van der Waals surface area contributed by atoms with E-state index in [0.29, 0.717) is 49.8 Å². The van der Waals surface area contributed by atoms with Crippen LogP contribution in [0.15, 0.2) is 52.4 Å². The first-order chi connectivity index (χ1) is 15.5. The van der Waals surface area contributed by atoms with Crippen LogP contribution in [-0.4, -0.2) is 56.1 Å². The monoisotopic (exact) mass is 475 g/mol. The number of para-hydroxylation sites is 1. The number of ether oxygens (including phenoxy) is 2. The first-order valence-corrected chi connectivity index (χ1v) is 12.7. The molecular formula is C22H25N3O5S2. The summed E-state index contributed by atoms with van der Waals surface area (Å²) in [6.45, 7) is 6.51. The molecule has 1 aliphatic heterocycles. The van der Waals surface area contributed by atoms with Crippen molar-refractivity contribution in [3.8, 4) is 5.75 Å². The minimum Gasteiger partial charge on any atom is -0.492 e. The second-order valence-corrected chi connectivity index (χ2v) is 10.1. The summed E-state index contributed by atoms with van der Waals surface area (Å²) in [5.41, 5.74) is 1.25. The van der Waals surface area contributed by atoms with E-state index >= 15 is 0 Å². The average Bonchev–Trinajstić information content (AvgIpc) is 3.17. The molecule has 0 unspecified atom stereocenters. The van der Waals surface area contributed by atoms with Crippen LogP contribution in [0.2, 0.25) is 0 Å². The molecule has 1 amide bonds. The molecule has 1 aliphatic rings. The molecule has 4 rings (SSSR count). The van der Waals surface area contributed by atoms with Gasteiger partial charge in [0.2, 0.25) is 10.0 Å². The molecule has 0 aliphatic carbocycles. The predicted octanol–water partition coefficient (Wildman–Crippen LogP) is 2.88. The van der Waals surface area contributed by atoms with Crippen molar-refractivity contribution in [1.82, 2.24) is 8.87 Å². The lowest BCUT2D eigenvalue weighted by molar-refractivity contribution is 0.0730. The highest BCUT2D eigenvalue weighted by atomic mass is 32.2. The number of hydrogen-bond acceptors (Lipinski definition) is 6. The number of thiazole rings is 1. The fourth-order valence-corrected chi connectivity index (χ4v) is 6.12. The van der Waals surface area contributed by atoms with Crippen LogP contribution in [0, 0.1) is 0 Å². The molecule has 1 aromatic heterocycles. The molecule has 1 fully saturated rings. The molecule has 0 saturated carbocycles. The highest BCUT2D eigenvalue weighted by Gasteiger charge is 2.26. The maximum absolute atomic E-state index is 12.9. The highest BCUT2D eigenvalue weighted by molar-refractivity contribution is 7.89. The Balaban J connectivity index is 1.65. The molecule has 170 valence electrons. The number of fused-ring (bicyclic) bond motifs is 1. The number of aryl methyl sites for hydroxylation is 1. The Labute approximate surface area is 190 Å². The number of nitrogens with zero attached hydrogens (tertiary/aromatic N) is 3. The number of sulfonamides is 1. The smallest absolute Gasteiger partial charge is 0.279 e. The molecule has 8 nitrogen and oxygen atoms in total. The number of amides is 1. The Morgan fingerprint density at radius 2 is 1.84 bits per heavy atom. The quantitative estimate of drug-likeness (QED) is 0.547. The number of benzene rings is 2. The number of hydrogen-bond donors (Lipinski definition) is 0. The van der Waals surface area contributed by atoms with Crippen molar-refractivity contribution in [3.63, 3.8) is 0 Å². The van der Waals surface area contributed by atoms with Crippen molar-refractivity contribution in [2.75, 3.05) is 32.9 Å². The topological polar surface area (TPSA) is 90.2 Å². The van der Waals surface area contributed by atoms with Gasteiger partial charge in [0.1, 0.15) is 11.3 Å². The van der Waals surface area contributed by atoms with Gasteiger partial charge in [-0.2, -0.15) is 9.30 Å². The summed E-state index contributed by atoms with van der Waals surface area (Å²) in [5, 5.41) is 0. The van der Waals surface area contributed by atoms with Gasteiger partial charge in [-0.3, -0.25) is 4.79 Å². The molecular weight excluding hydrogens is 450 g/mol. The lowest BCUT2D eigenvalue weighted by Gasteiger charge is -2.26. The standard InChI is InChI=1S/C22H25N3O5S2/c1-3-25-20-18(30-4-2)6-5-7-19(20)31-22(25)23-21(26)16-8-10-17(11-9-16)32(27,28)24-12-14-29-15-13-24/h5-11H,3-4,12-15H2,1-2H3. The summed E-state index contributed by atoms with van der Waals surface area (Å²) in [6.07, 6.45) is 0. The van der Waals surface area contributed by atoms with E-state index in [1.54, 1.807) is 0 Å². The van der Waals surface area contributed by atoms with Gasteiger partial charge >= 0.3 is 0 Å². The van der Waals surface area contributed by atoms with Crippen LogP contribution in [0.5, 0.6) is 5.75 Å². The Bertz CT molecular complexity index is 1290. The Morgan fingerprint density at radius 3 is 2.50 bits per heavy atom. The van der Waals surface area contributed by atoms with E-state index in [9.17, 15) is 13.2 Å². The van der Waals surface area contributed by atoms with E-state index < -0.39 is 15.9 Å². The van der Waals surface area contributed by atoms with E-state index in [1.807, 2.05) is 36.6 Å². The fourth-order valence-electron chi connectivity index (χ4n) is 3.61. The van der Waals surface area contributed by atoms with Gasteiger partial charge < -0.3 is 14.0 Å². The Kier molecular flexibility index (Phi) is 6.75. The first kappa shape index (κ1) is 22.7. The zero-order valence-electron chi connectivity index (χ0n) is 18.0. The van der Waals surface area contributed by atoms with Crippen molar-refractivity contribution < 1.29 is 22.7 Å². The van der Waals surface area contributed by atoms with Crippen LogP contribution in [0.4, 0.5) is 0 Å². The predicted molar refractivity (Wildman–Crippen MR) is 123 cm³/mol. The second kappa shape index (κ2) is 9.53. The van der Waals surface area contributed by atoms with Gasteiger partial charge in [0.05, 0.1) is 29.4 Å². The van der Waals surface area contributed by atoms with Crippen molar-refractivity contribution in [2.24, 2.45) is 4.99 Å². The normalized spacial score (nSPS) is 15.9. The van der Waals surface area contributed by atoms with Gasteiger partial charge in [0, 0.05) is 25.2 Å². The molecule has 2 heterocycles. The zero-order chi connectivity index (χ0) is 22.7. The van der Waals surface area contributed by atoms with Gasteiger partial charge in [-0.05, 0) is 50.2 Å². The lowest BCUT2D eigenvalue weighted by Crippen LogP contribution is -2.40. The third-order valence-electron chi connectivity index (χ3n) is 5.19. The summed E-state index contributed by atoms with van der Waals surface area (Å²) < 4.78 is 40.9. The van der Waals surface area contributed by atoms with Crippen molar-refractivity contribution in [2.45, 2.75) is 25.3 Å². The Hall–Kier alpha value is -2.53. The Morgan fingerprint density at radius 1 is 1.12 bits per heavy atom. The zero-order valence-corrected chi connectivity index (χ0v) is 19.6.